The van der Waals surface area contributed by atoms with Gasteiger partial charge in [0.2, 0.25) is 11.8 Å². The maximum atomic E-state index is 14.7. The molecule has 4 aliphatic heterocycles. The topological polar surface area (TPSA) is 192 Å². The van der Waals surface area contributed by atoms with Crippen LogP contribution < -0.4 is 4.74 Å². The van der Waals surface area contributed by atoms with Crippen molar-refractivity contribution in [3.05, 3.63) is 59.6 Å². The molecule has 1 aromatic carbocycles. The van der Waals surface area contributed by atoms with Gasteiger partial charge in [-0.15, -0.1) is 0 Å². The minimum absolute atomic E-state index is 0.00352. The van der Waals surface area contributed by atoms with E-state index in [2.05, 4.69) is 4.98 Å². The molecule has 3 aromatic rings. The first-order valence-electron chi connectivity index (χ1n) is 15.3. The van der Waals surface area contributed by atoms with E-state index in [0.29, 0.717) is 32.7 Å². The van der Waals surface area contributed by atoms with Crippen molar-refractivity contribution in [2.24, 2.45) is 5.92 Å². The van der Waals surface area contributed by atoms with Gasteiger partial charge in [-0.3, -0.25) is 24.2 Å². The molecule has 3 amide bonds. The molecular weight excluding hydrogens is 650 g/mol. The molecule has 17 nitrogen and oxygen atoms in total. The summed E-state index contributed by atoms with van der Waals surface area (Å²) < 4.78 is 48.1. The van der Waals surface area contributed by atoms with Crippen LogP contribution in [0.2, 0.25) is 0 Å². The average molecular weight is 682 g/mol. The highest BCUT2D eigenvalue weighted by Gasteiger charge is 2.67. The number of aromatic nitrogens is 1. The third-order valence-electron chi connectivity index (χ3n) is 8.75. The number of nitrogens with zero attached hydrogens (tertiary/aromatic N) is 3. The molecule has 2 aromatic heterocycles. The first-order chi connectivity index (χ1) is 23.8. The maximum absolute atomic E-state index is 14.7. The number of ether oxygens (including phenoxy) is 8. The summed E-state index contributed by atoms with van der Waals surface area (Å²) in [6, 6.07) is 8.03. The lowest BCUT2D eigenvalue weighted by atomic mass is 9.74. The van der Waals surface area contributed by atoms with Crippen LogP contribution in [0.5, 0.6) is 5.75 Å². The molecule has 3 saturated heterocycles. The second kappa shape index (κ2) is 13.4. The van der Waals surface area contributed by atoms with E-state index in [1.807, 2.05) is 0 Å². The summed E-state index contributed by atoms with van der Waals surface area (Å²) in [5.41, 5.74) is -0.879. The fourth-order valence-electron chi connectivity index (χ4n) is 6.25. The first kappa shape index (κ1) is 32.4. The van der Waals surface area contributed by atoms with E-state index < -0.39 is 66.7 Å². The van der Waals surface area contributed by atoms with Crippen molar-refractivity contribution >= 4 is 40.8 Å². The summed E-state index contributed by atoms with van der Waals surface area (Å²) in [4.78, 5) is 75.2. The monoisotopic (exact) mass is 681 g/mol. The van der Waals surface area contributed by atoms with Gasteiger partial charge < -0.3 is 47.2 Å². The van der Waals surface area contributed by atoms with Crippen molar-refractivity contribution in [2.45, 2.75) is 24.2 Å². The van der Waals surface area contributed by atoms with E-state index in [1.165, 1.54) is 30.5 Å². The molecule has 4 aliphatic rings. The number of pyridine rings is 1. The van der Waals surface area contributed by atoms with Gasteiger partial charge in [-0.2, -0.15) is 0 Å². The molecule has 49 heavy (non-hydrogen) atoms. The van der Waals surface area contributed by atoms with Crippen molar-refractivity contribution in [3.63, 3.8) is 0 Å². The Morgan fingerprint density at radius 2 is 1.73 bits per heavy atom. The Morgan fingerprint density at radius 3 is 2.43 bits per heavy atom. The lowest BCUT2D eigenvalue weighted by Crippen LogP contribution is -2.52. The van der Waals surface area contributed by atoms with Crippen LogP contribution in [-0.2, 0) is 59.5 Å². The highest BCUT2D eigenvalue weighted by Crippen LogP contribution is 2.46. The standard InChI is InChI=1S/C32H31N3O14/c1-41-20-3-2-18-9-34(27(36)23(18)7-20)14-32(25-6-19-8-33-5-4-24(19)49-25)26(29(38)44-12-21-10-42-16-47-21)28(37)35(30(32)39)15-46-31(40)45-13-22-11-43-17-48-22/h2-8,21-22,26H,9-17H2,1H3/t21?,22?,26?,32-/m1/s1. The second-order valence-electron chi connectivity index (χ2n) is 11.7. The Kier molecular flexibility index (Phi) is 8.89. The fourth-order valence-corrected chi connectivity index (χ4v) is 6.25. The number of furan rings is 1. The molecule has 4 atom stereocenters. The number of amides is 3. The summed E-state index contributed by atoms with van der Waals surface area (Å²) in [5, 5.41) is 0.470. The zero-order valence-electron chi connectivity index (χ0n) is 26.2. The largest absolute Gasteiger partial charge is 0.510 e. The number of hydrogen-bond donors (Lipinski definition) is 0. The lowest BCUT2D eigenvalue weighted by Gasteiger charge is -2.32. The predicted octanol–water partition coefficient (Wildman–Crippen LogP) is 1.11. The summed E-state index contributed by atoms with van der Waals surface area (Å²) >= 11 is 0. The number of carbonyl (C=O) groups is 5. The van der Waals surface area contributed by atoms with Gasteiger partial charge in [-0.25, -0.2) is 9.69 Å². The van der Waals surface area contributed by atoms with Crippen molar-refractivity contribution in [2.75, 3.05) is 60.4 Å². The summed E-state index contributed by atoms with van der Waals surface area (Å²) in [7, 11) is 1.47. The number of imide groups is 1. The summed E-state index contributed by atoms with van der Waals surface area (Å²) in [5.74, 6) is -5.07. The number of esters is 1. The van der Waals surface area contributed by atoms with Gasteiger partial charge >= 0.3 is 12.1 Å². The molecule has 3 fully saturated rings. The van der Waals surface area contributed by atoms with Gasteiger partial charge in [0, 0.05) is 36.4 Å². The number of carbonyl (C=O) groups excluding carboxylic acids is 5. The van der Waals surface area contributed by atoms with Crippen LogP contribution in [0.25, 0.3) is 11.0 Å². The van der Waals surface area contributed by atoms with Gasteiger partial charge in [-0.05, 0) is 29.8 Å². The van der Waals surface area contributed by atoms with Crippen molar-refractivity contribution in [1.29, 1.82) is 0 Å². The molecule has 3 unspecified atom stereocenters. The number of fused-ring (bicyclic) bond motifs is 2. The Bertz CT molecular complexity index is 1750. The first-order valence-corrected chi connectivity index (χ1v) is 15.3. The lowest BCUT2D eigenvalue weighted by molar-refractivity contribution is -0.158. The van der Waals surface area contributed by atoms with Crippen molar-refractivity contribution in [1.82, 2.24) is 14.8 Å². The predicted molar refractivity (Wildman–Crippen MR) is 158 cm³/mol. The second-order valence-corrected chi connectivity index (χ2v) is 11.7. The minimum atomic E-state index is -2.16. The van der Waals surface area contributed by atoms with Crippen LogP contribution in [0.4, 0.5) is 4.79 Å². The number of methoxy groups -OCH3 is 1. The van der Waals surface area contributed by atoms with Crippen molar-refractivity contribution < 1.29 is 66.3 Å². The average Bonchev–Trinajstić information content (AvgIpc) is 3.95. The van der Waals surface area contributed by atoms with Crippen LogP contribution in [0.3, 0.4) is 0 Å². The molecule has 0 N–H and O–H groups in total. The van der Waals surface area contributed by atoms with E-state index >= 15 is 0 Å². The summed E-state index contributed by atoms with van der Waals surface area (Å²) in [6.07, 6.45) is 0.660. The molecule has 0 bridgehead atoms. The highest BCUT2D eigenvalue weighted by molar-refractivity contribution is 6.18. The van der Waals surface area contributed by atoms with E-state index in [9.17, 15) is 24.0 Å². The Balaban J connectivity index is 1.24. The Morgan fingerprint density at radius 1 is 0.980 bits per heavy atom. The molecule has 258 valence electrons. The van der Waals surface area contributed by atoms with E-state index in [1.54, 1.807) is 24.3 Å². The molecule has 6 heterocycles. The van der Waals surface area contributed by atoms with Crippen LogP contribution in [0, 0.1) is 5.92 Å². The molecule has 0 radical (unpaired) electrons. The van der Waals surface area contributed by atoms with Gasteiger partial charge in [0.15, 0.2) is 12.6 Å². The van der Waals surface area contributed by atoms with Gasteiger partial charge in [0.25, 0.3) is 5.91 Å². The van der Waals surface area contributed by atoms with Gasteiger partial charge in [-0.1, -0.05) is 6.07 Å². The third-order valence-corrected chi connectivity index (χ3v) is 8.75. The molecule has 0 saturated carbocycles. The smallest absolute Gasteiger partial charge is 0.497 e. The van der Waals surface area contributed by atoms with Crippen molar-refractivity contribution in [3.8, 4) is 5.75 Å². The molecular formula is C32H31N3O14. The van der Waals surface area contributed by atoms with Crippen LogP contribution in [0.15, 0.2) is 47.1 Å². The SMILES string of the molecule is COc1ccc2c(c1)C(=O)N(C[C@]1(c3cc4cnccc4o3)C(=O)N(COC(=O)OCC3COCO3)C(=O)C1C(=O)OCC1COCO1)C2. The van der Waals surface area contributed by atoms with E-state index in [-0.39, 0.29) is 52.3 Å². The van der Waals surface area contributed by atoms with Crippen LogP contribution in [-0.4, -0.2) is 117 Å². The zero-order valence-corrected chi connectivity index (χ0v) is 26.2. The third kappa shape index (κ3) is 6.05. The maximum Gasteiger partial charge on any atom is 0.510 e. The summed E-state index contributed by atoms with van der Waals surface area (Å²) in [6.45, 7) is -1.40. The minimum Gasteiger partial charge on any atom is -0.497 e. The van der Waals surface area contributed by atoms with Crippen LogP contribution in [0.1, 0.15) is 21.7 Å². The molecule has 7 rings (SSSR count). The van der Waals surface area contributed by atoms with Gasteiger partial charge in [0.1, 0.15) is 61.5 Å². The van der Waals surface area contributed by atoms with E-state index in [0.717, 1.165) is 0 Å². The number of benzene rings is 1. The Labute approximate surface area is 277 Å². The molecule has 0 spiro atoms. The van der Waals surface area contributed by atoms with Gasteiger partial charge in [0.05, 0.1) is 20.3 Å². The van der Waals surface area contributed by atoms with E-state index in [4.69, 9.17) is 42.3 Å². The Hall–Kier alpha value is -5.10. The highest BCUT2D eigenvalue weighted by atomic mass is 16.8. The normalized spacial score (nSPS) is 24.9. The zero-order chi connectivity index (χ0) is 34.1. The molecule has 0 aliphatic carbocycles. The number of rotatable bonds is 11. The quantitative estimate of drug-likeness (QED) is 0.159. The van der Waals surface area contributed by atoms with Crippen LogP contribution >= 0.6 is 0 Å². The fraction of sp³-hybridized carbons (Fsp3) is 0.438. The number of hydrogen-bond acceptors (Lipinski definition) is 15. The number of likely N-dealkylation sites (tertiary alicyclic amines) is 1. The molecule has 17 heteroatoms.